The second-order valence-electron chi connectivity index (χ2n) is 5.57. The van der Waals surface area contributed by atoms with Crippen LogP contribution in [-0.4, -0.2) is 38.6 Å². The fourth-order valence-corrected chi connectivity index (χ4v) is 4.04. The molecule has 0 atom stereocenters. The number of carbonyl (C=O) groups is 2. The Morgan fingerprint density at radius 3 is 2.36 bits per heavy atom. The molecule has 0 bridgehead atoms. The van der Waals surface area contributed by atoms with E-state index >= 15 is 0 Å². The Balaban J connectivity index is 2.24. The molecule has 0 aliphatic carbocycles. The maximum atomic E-state index is 12.3. The molecule has 0 radical (unpaired) electrons. The number of anilines is 2. The minimum absolute atomic E-state index is 0.139. The van der Waals surface area contributed by atoms with Crippen molar-refractivity contribution in [2.24, 2.45) is 0 Å². The van der Waals surface area contributed by atoms with Crippen LogP contribution < -0.4 is 10.6 Å². The normalized spacial score (nSPS) is 11.4. The van der Waals surface area contributed by atoms with Gasteiger partial charge in [0.1, 0.15) is 0 Å². The molecule has 0 saturated carbocycles. The highest BCUT2D eigenvalue weighted by Crippen LogP contribution is 2.25. The highest BCUT2D eigenvalue weighted by Gasteiger charge is 2.20. The molecule has 2 rings (SSSR count). The van der Waals surface area contributed by atoms with E-state index in [0.717, 1.165) is 15.6 Å². The van der Waals surface area contributed by atoms with Gasteiger partial charge in [-0.3, -0.25) is 9.59 Å². The number of carbonyl (C=O) groups excluding carboxylic acids is 2. The molecule has 2 amide bonds. The van der Waals surface area contributed by atoms with E-state index < -0.39 is 10.0 Å². The average Bonchev–Trinajstić information content (AvgIpc) is 2.96. The van der Waals surface area contributed by atoms with E-state index in [-0.39, 0.29) is 16.7 Å². The summed E-state index contributed by atoms with van der Waals surface area (Å²) in [6.45, 7) is 3.08. The number of nitrogens with zero attached hydrogens (tertiary/aromatic N) is 1. The van der Waals surface area contributed by atoms with Crippen LogP contribution in [0.5, 0.6) is 0 Å². The topological polar surface area (TPSA) is 95.6 Å². The zero-order valence-corrected chi connectivity index (χ0v) is 15.9. The summed E-state index contributed by atoms with van der Waals surface area (Å²) in [7, 11) is -0.696. The molecule has 134 valence electrons. The van der Waals surface area contributed by atoms with Crippen LogP contribution in [0, 0.1) is 6.92 Å². The Bertz CT molecular complexity index is 917. The Morgan fingerprint density at radius 1 is 1.08 bits per heavy atom. The van der Waals surface area contributed by atoms with Gasteiger partial charge in [0.2, 0.25) is 15.9 Å². The lowest BCUT2D eigenvalue weighted by molar-refractivity contribution is -0.114. The first-order valence-corrected chi connectivity index (χ1v) is 9.59. The smallest absolute Gasteiger partial charge is 0.265 e. The van der Waals surface area contributed by atoms with Crippen molar-refractivity contribution in [3.8, 4) is 0 Å². The van der Waals surface area contributed by atoms with Crippen molar-refractivity contribution in [3.63, 3.8) is 0 Å². The van der Waals surface area contributed by atoms with Crippen LogP contribution >= 0.6 is 11.3 Å². The minimum Gasteiger partial charge on any atom is -0.321 e. The first-order chi connectivity index (χ1) is 11.6. The van der Waals surface area contributed by atoms with Gasteiger partial charge in [-0.15, -0.1) is 11.3 Å². The van der Waals surface area contributed by atoms with E-state index in [9.17, 15) is 18.0 Å². The Labute approximate surface area is 150 Å². The van der Waals surface area contributed by atoms with Gasteiger partial charge in [-0.25, -0.2) is 12.7 Å². The van der Waals surface area contributed by atoms with Crippen molar-refractivity contribution in [1.82, 2.24) is 4.31 Å². The summed E-state index contributed by atoms with van der Waals surface area (Å²) in [6, 6.07) is 7.95. The number of rotatable bonds is 5. The second kappa shape index (κ2) is 7.34. The van der Waals surface area contributed by atoms with Crippen LogP contribution in [0.15, 0.2) is 35.2 Å². The van der Waals surface area contributed by atoms with Gasteiger partial charge < -0.3 is 10.6 Å². The summed E-state index contributed by atoms with van der Waals surface area (Å²) in [5.41, 5.74) is 0.973. The van der Waals surface area contributed by atoms with Gasteiger partial charge in [-0.1, -0.05) is 6.07 Å². The molecular weight excluding hydrogens is 362 g/mol. The van der Waals surface area contributed by atoms with E-state index in [1.165, 1.54) is 27.1 Å². The van der Waals surface area contributed by atoms with Crippen LogP contribution in [-0.2, 0) is 14.8 Å². The van der Waals surface area contributed by atoms with Gasteiger partial charge in [0.05, 0.1) is 14.8 Å². The minimum atomic E-state index is -3.60. The number of nitrogens with one attached hydrogen (secondary N) is 2. The molecule has 2 aromatic rings. The fourth-order valence-electron chi connectivity index (χ4n) is 2.05. The fraction of sp³-hybridized carbons (Fsp3) is 0.250. The standard InChI is InChI=1S/C16H19N3O4S2/c1-10-5-6-12(9-14(10)25(22,23)19(3)4)18-16(21)13-7-8-15(24-13)17-11(2)20/h5-9H,1-4H3,(H,17,20)(H,18,21). The first-order valence-electron chi connectivity index (χ1n) is 7.33. The molecule has 0 fully saturated rings. The quantitative estimate of drug-likeness (QED) is 0.832. The lowest BCUT2D eigenvalue weighted by Gasteiger charge is -2.15. The number of aryl methyl sites for hydroxylation is 1. The largest absolute Gasteiger partial charge is 0.321 e. The Hall–Kier alpha value is -2.23. The van der Waals surface area contributed by atoms with Crippen molar-refractivity contribution in [2.45, 2.75) is 18.7 Å². The third kappa shape index (κ3) is 4.44. The average molecular weight is 381 g/mol. The van der Waals surface area contributed by atoms with Crippen LogP contribution in [0.2, 0.25) is 0 Å². The number of benzene rings is 1. The molecular formula is C16H19N3O4S2. The lowest BCUT2D eigenvalue weighted by Crippen LogP contribution is -2.23. The van der Waals surface area contributed by atoms with Gasteiger partial charge in [-0.05, 0) is 36.8 Å². The van der Waals surface area contributed by atoms with E-state index in [4.69, 9.17) is 0 Å². The molecule has 0 spiro atoms. The summed E-state index contributed by atoms with van der Waals surface area (Å²) < 4.78 is 25.8. The predicted molar refractivity (Wildman–Crippen MR) is 98.6 cm³/mol. The molecule has 9 heteroatoms. The zero-order valence-electron chi connectivity index (χ0n) is 14.3. The van der Waals surface area contributed by atoms with Crippen LogP contribution in [0.25, 0.3) is 0 Å². The summed E-state index contributed by atoms with van der Waals surface area (Å²) in [4.78, 5) is 23.9. The van der Waals surface area contributed by atoms with Crippen LogP contribution in [0.4, 0.5) is 10.7 Å². The summed E-state index contributed by atoms with van der Waals surface area (Å²) in [5, 5.41) is 5.85. The Kier molecular flexibility index (Phi) is 5.61. The molecule has 0 aliphatic rings. The first kappa shape index (κ1) is 19.1. The molecule has 1 aromatic carbocycles. The number of thiophene rings is 1. The van der Waals surface area contributed by atoms with Crippen molar-refractivity contribution < 1.29 is 18.0 Å². The van der Waals surface area contributed by atoms with E-state index in [1.54, 1.807) is 31.2 Å². The Morgan fingerprint density at radius 2 is 1.76 bits per heavy atom. The van der Waals surface area contributed by atoms with Crippen molar-refractivity contribution in [1.29, 1.82) is 0 Å². The molecule has 2 N–H and O–H groups in total. The van der Waals surface area contributed by atoms with E-state index in [2.05, 4.69) is 10.6 Å². The SMILES string of the molecule is CC(=O)Nc1ccc(C(=O)Nc2ccc(C)c(S(=O)(=O)N(C)C)c2)s1. The molecule has 0 saturated heterocycles. The van der Waals surface area contributed by atoms with Gasteiger partial charge in [0.25, 0.3) is 5.91 Å². The molecule has 1 heterocycles. The molecule has 0 unspecified atom stereocenters. The number of sulfonamides is 1. The molecule has 1 aromatic heterocycles. The van der Waals surface area contributed by atoms with Gasteiger partial charge >= 0.3 is 0 Å². The number of hydrogen-bond acceptors (Lipinski definition) is 5. The molecule has 25 heavy (non-hydrogen) atoms. The van der Waals surface area contributed by atoms with Crippen LogP contribution in [0.3, 0.4) is 0 Å². The molecule has 0 aliphatic heterocycles. The van der Waals surface area contributed by atoms with Crippen LogP contribution in [0.1, 0.15) is 22.2 Å². The van der Waals surface area contributed by atoms with E-state index in [0.29, 0.717) is 21.1 Å². The second-order valence-corrected chi connectivity index (χ2v) is 8.77. The van der Waals surface area contributed by atoms with Gasteiger partial charge in [-0.2, -0.15) is 0 Å². The monoisotopic (exact) mass is 381 g/mol. The summed E-state index contributed by atoms with van der Waals surface area (Å²) in [6.07, 6.45) is 0. The van der Waals surface area contributed by atoms with Gasteiger partial charge in [0, 0.05) is 26.7 Å². The lowest BCUT2D eigenvalue weighted by atomic mass is 10.2. The van der Waals surface area contributed by atoms with Gasteiger partial charge in [0.15, 0.2) is 0 Å². The van der Waals surface area contributed by atoms with E-state index in [1.807, 2.05) is 0 Å². The van der Waals surface area contributed by atoms with Crippen molar-refractivity contribution >= 4 is 43.9 Å². The highest BCUT2D eigenvalue weighted by atomic mass is 32.2. The number of amides is 2. The maximum Gasteiger partial charge on any atom is 0.265 e. The van der Waals surface area contributed by atoms with Crippen molar-refractivity contribution in [3.05, 3.63) is 40.8 Å². The van der Waals surface area contributed by atoms with Crippen molar-refractivity contribution in [2.75, 3.05) is 24.7 Å². The highest BCUT2D eigenvalue weighted by molar-refractivity contribution is 7.89. The third-order valence-corrected chi connectivity index (χ3v) is 6.29. The maximum absolute atomic E-state index is 12.3. The third-order valence-electron chi connectivity index (χ3n) is 3.33. The zero-order chi connectivity index (χ0) is 18.8. The summed E-state index contributed by atoms with van der Waals surface area (Å²) in [5.74, 6) is -0.593. The summed E-state index contributed by atoms with van der Waals surface area (Å²) >= 11 is 1.14. The number of hydrogen-bond donors (Lipinski definition) is 2. The molecule has 7 nitrogen and oxygen atoms in total. The predicted octanol–water partition coefficient (Wildman–Crippen LogP) is 2.52.